The van der Waals surface area contributed by atoms with Crippen LogP contribution in [-0.2, 0) is 5.54 Å². The van der Waals surface area contributed by atoms with Crippen LogP contribution in [0.4, 0.5) is 0 Å². The third-order valence-electron chi connectivity index (χ3n) is 6.07. The molecule has 0 unspecified atom stereocenters. The minimum atomic E-state index is -0.112. The summed E-state index contributed by atoms with van der Waals surface area (Å²) in [6, 6.07) is 7.32. The molecular weight excluding hydrogens is 406 g/mol. The first-order chi connectivity index (χ1) is 15.1. The van der Waals surface area contributed by atoms with E-state index in [4.69, 9.17) is 9.47 Å². The Bertz CT molecular complexity index is 973. The second-order valence-electron chi connectivity index (χ2n) is 9.32. The Morgan fingerprint density at radius 2 is 1.53 bits per heavy atom. The van der Waals surface area contributed by atoms with E-state index in [-0.39, 0.29) is 17.2 Å². The monoisotopic (exact) mass is 441 g/mol. The van der Waals surface area contributed by atoms with Gasteiger partial charge in [0.15, 0.2) is 5.78 Å². The number of amides is 1. The van der Waals surface area contributed by atoms with Gasteiger partial charge in [-0.1, -0.05) is 6.07 Å². The van der Waals surface area contributed by atoms with Crippen LogP contribution in [0, 0.1) is 13.8 Å². The van der Waals surface area contributed by atoms with Crippen molar-refractivity contribution in [1.82, 2.24) is 14.4 Å². The second-order valence-corrected chi connectivity index (χ2v) is 9.32. The molecule has 0 bridgehead atoms. The summed E-state index contributed by atoms with van der Waals surface area (Å²) in [4.78, 5) is 30.1. The molecule has 3 rings (SSSR count). The lowest BCUT2D eigenvalue weighted by molar-refractivity contribution is 0.0618. The van der Waals surface area contributed by atoms with E-state index in [1.807, 2.05) is 19.9 Å². The molecule has 0 spiro atoms. The van der Waals surface area contributed by atoms with Crippen molar-refractivity contribution in [1.29, 1.82) is 0 Å². The summed E-state index contributed by atoms with van der Waals surface area (Å²) in [5.74, 6) is 1.01. The number of methoxy groups -OCH3 is 2. The predicted molar refractivity (Wildman–Crippen MR) is 125 cm³/mol. The fraction of sp³-hybridized carbons (Fsp3) is 0.520. The third kappa shape index (κ3) is 4.67. The summed E-state index contributed by atoms with van der Waals surface area (Å²) in [7, 11) is 3.09. The Hall–Kier alpha value is -2.80. The molecule has 1 fully saturated rings. The molecule has 1 amide bonds. The van der Waals surface area contributed by atoms with Crippen LogP contribution in [0.5, 0.6) is 11.5 Å². The van der Waals surface area contributed by atoms with Gasteiger partial charge in [0.1, 0.15) is 17.1 Å². The number of piperazine rings is 1. The average Bonchev–Trinajstić information content (AvgIpc) is 3.07. The van der Waals surface area contributed by atoms with Gasteiger partial charge < -0.3 is 18.9 Å². The Labute approximate surface area is 190 Å². The molecule has 0 radical (unpaired) electrons. The highest BCUT2D eigenvalue weighted by atomic mass is 16.5. The summed E-state index contributed by atoms with van der Waals surface area (Å²) in [6.07, 6.45) is 0. The molecule has 0 N–H and O–H groups in total. The Morgan fingerprint density at radius 1 is 0.969 bits per heavy atom. The molecule has 1 aliphatic rings. The van der Waals surface area contributed by atoms with E-state index in [1.54, 1.807) is 37.3 Å². The van der Waals surface area contributed by atoms with Gasteiger partial charge in [0.2, 0.25) is 0 Å². The molecular formula is C25H35N3O4. The number of ether oxygens (including phenoxy) is 2. The first-order valence-corrected chi connectivity index (χ1v) is 11.0. The van der Waals surface area contributed by atoms with Crippen molar-refractivity contribution in [2.75, 3.05) is 46.9 Å². The Balaban J connectivity index is 1.66. The van der Waals surface area contributed by atoms with E-state index in [0.717, 1.165) is 17.0 Å². The van der Waals surface area contributed by atoms with Crippen LogP contribution in [-0.4, -0.2) is 73.0 Å². The first-order valence-electron chi connectivity index (χ1n) is 11.0. The number of carbonyl (C=O) groups excluding carboxylic acids is 2. The van der Waals surface area contributed by atoms with E-state index in [1.165, 1.54) is 0 Å². The van der Waals surface area contributed by atoms with Gasteiger partial charge in [-0.25, -0.2) is 0 Å². The highest BCUT2D eigenvalue weighted by molar-refractivity contribution is 6.00. The van der Waals surface area contributed by atoms with Gasteiger partial charge in [0.25, 0.3) is 5.91 Å². The average molecular weight is 442 g/mol. The summed E-state index contributed by atoms with van der Waals surface area (Å²) < 4.78 is 13.0. The van der Waals surface area contributed by atoms with Gasteiger partial charge in [-0.15, -0.1) is 0 Å². The molecule has 7 heteroatoms. The molecule has 174 valence electrons. The minimum absolute atomic E-state index is 0.0712. The molecule has 0 saturated carbocycles. The van der Waals surface area contributed by atoms with Crippen molar-refractivity contribution in [3.8, 4) is 11.5 Å². The SMILES string of the molecule is COc1cccc(OC)c1C(=O)N1CCN(CC(=O)c2cc(C)n(C(C)(C)C)c2C)CC1. The number of nitrogens with zero attached hydrogens (tertiary/aromatic N) is 3. The Kier molecular flexibility index (Phi) is 6.98. The maximum atomic E-state index is 13.2. The number of ketones is 1. The fourth-order valence-corrected chi connectivity index (χ4v) is 4.69. The zero-order valence-electron chi connectivity index (χ0n) is 20.3. The zero-order chi connectivity index (χ0) is 23.6. The van der Waals surface area contributed by atoms with Crippen molar-refractivity contribution in [2.24, 2.45) is 0 Å². The topological polar surface area (TPSA) is 64.0 Å². The maximum absolute atomic E-state index is 13.2. The lowest BCUT2D eigenvalue weighted by Gasteiger charge is -2.34. The van der Waals surface area contributed by atoms with Gasteiger partial charge in [-0.3, -0.25) is 14.5 Å². The van der Waals surface area contributed by atoms with Crippen molar-refractivity contribution in [3.63, 3.8) is 0 Å². The van der Waals surface area contributed by atoms with Gasteiger partial charge >= 0.3 is 0 Å². The molecule has 1 aromatic carbocycles. The van der Waals surface area contributed by atoms with Crippen LogP contribution in [0.15, 0.2) is 24.3 Å². The number of hydrogen-bond donors (Lipinski definition) is 0. The van der Waals surface area contributed by atoms with Gasteiger partial charge in [-0.2, -0.15) is 0 Å². The molecule has 2 aromatic rings. The van der Waals surface area contributed by atoms with Gasteiger partial charge in [0, 0.05) is 48.7 Å². The van der Waals surface area contributed by atoms with E-state index in [0.29, 0.717) is 49.8 Å². The highest BCUT2D eigenvalue weighted by Crippen LogP contribution is 2.30. The fourth-order valence-electron chi connectivity index (χ4n) is 4.69. The van der Waals surface area contributed by atoms with Crippen LogP contribution in [0.25, 0.3) is 0 Å². The smallest absolute Gasteiger partial charge is 0.261 e. The van der Waals surface area contributed by atoms with Crippen LogP contribution < -0.4 is 9.47 Å². The standard InChI is InChI=1S/C25H35N3O4/c1-17-15-19(18(2)28(17)25(3,4)5)20(29)16-26-11-13-27(14-12-26)24(30)23-21(31-6)9-8-10-22(23)32-7/h8-10,15H,11-14,16H2,1-7H3. The number of hydrogen-bond acceptors (Lipinski definition) is 5. The lowest BCUT2D eigenvalue weighted by Crippen LogP contribution is -2.50. The van der Waals surface area contributed by atoms with Crippen LogP contribution in [0.1, 0.15) is 52.9 Å². The predicted octanol–water partition coefficient (Wildman–Crippen LogP) is 3.52. The molecule has 0 atom stereocenters. The van der Waals surface area contributed by atoms with E-state index >= 15 is 0 Å². The maximum Gasteiger partial charge on any atom is 0.261 e. The summed E-state index contributed by atoms with van der Waals surface area (Å²) in [5.41, 5.74) is 3.26. The van der Waals surface area contributed by atoms with Crippen LogP contribution in [0.2, 0.25) is 0 Å². The van der Waals surface area contributed by atoms with Crippen molar-refractivity contribution < 1.29 is 19.1 Å². The van der Waals surface area contributed by atoms with Gasteiger partial charge in [-0.05, 0) is 52.8 Å². The molecule has 7 nitrogen and oxygen atoms in total. The molecule has 2 heterocycles. The summed E-state index contributed by atoms with van der Waals surface area (Å²) >= 11 is 0. The number of benzene rings is 1. The van der Waals surface area contributed by atoms with Crippen LogP contribution >= 0.6 is 0 Å². The third-order valence-corrected chi connectivity index (χ3v) is 6.07. The molecule has 1 aromatic heterocycles. The molecule has 32 heavy (non-hydrogen) atoms. The second kappa shape index (κ2) is 9.36. The quantitative estimate of drug-likeness (QED) is 0.642. The molecule has 0 aliphatic carbocycles. The van der Waals surface area contributed by atoms with Crippen molar-refractivity contribution >= 4 is 11.7 Å². The Morgan fingerprint density at radius 3 is 2.00 bits per heavy atom. The van der Waals surface area contributed by atoms with Crippen molar-refractivity contribution in [3.05, 3.63) is 46.8 Å². The number of rotatable bonds is 6. The number of aryl methyl sites for hydroxylation is 1. The molecule has 1 saturated heterocycles. The number of aromatic nitrogens is 1. The lowest BCUT2D eigenvalue weighted by atomic mass is 10.1. The largest absolute Gasteiger partial charge is 0.496 e. The van der Waals surface area contributed by atoms with Crippen LogP contribution in [0.3, 0.4) is 0 Å². The summed E-state index contributed by atoms with van der Waals surface area (Å²) in [5, 5.41) is 0. The van der Waals surface area contributed by atoms with Gasteiger partial charge in [0.05, 0.1) is 20.8 Å². The summed E-state index contributed by atoms with van der Waals surface area (Å²) in [6.45, 7) is 13.3. The highest BCUT2D eigenvalue weighted by Gasteiger charge is 2.29. The van der Waals surface area contributed by atoms with E-state index in [9.17, 15) is 9.59 Å². The number of Topliss-reactive ketones (excluding diaryl/α,β-unsaturated/α-hetero) is 1. The molecule has 1 aliphatic heterocycles. The normalized spacial score (nSPS) is 15.0. The number of carbonyl (C=O) groups is 2. The minimum Gasteiger partial charge on any atom is -0.496 e. The van der Waals surface area contributed by atoms with E-state index < -0.39 is 0 Å². The van der Waals surface area contributed by atoms with E-state index in [2.05, 4.69) is 30.2 Å². The first kappa shape index (κ1) is 23.9. The zero-order valence-corrected chi connectivity index (χ0v) is 20.3. The van der Waals surface area contributed by atoms with Crippen molar-refractivity contribution in [2.45, 2.75) is 40.2 Å².